The average Bonchev–Trinajstić information content (AvgIpc) is 2.15. The number of aliphatic hydroxyl groups excluding tert-OH is 1. The molecule has 0 saturated heterocycles. The first-order chi connectivity index (χ1) is 6.70. The van der Waals surface area contributed by atoms with Crippen molar-refractivity contribution in [3.05, 3.63) is 0 Å². The molecule has 3 nitrogen and oxygen atoms in total. The molecule has 0 bridgehead atoms. The fourth-order valence-corrected chi connectivity index (χ4v) is 0.423. The van der Waals surface area contributed by atoms with Gasteiger partial charge < -0.3 is 10.0 Å². The number of nitrogens with zero attached hydrogens (tertiary/aromatic N) is 1. The van der Waals surface area contributed by atoms with E-state index in [-0.39, 0.29) is 6.42 Å². The maximum Gasteiger partial charge on any atom is 0.224 e. The smallest absolute Gasteiger partial charge is 0.224 e. The Labute approximate surface area is 73.6 Å². The van der Waals surface area contributed by atoms with Gasteiger partial charge in [-0.3, -0.25) is 4.79 Å². The first-order valence-corrected chi connectivity index (χ1v) is 3.57. The molecule has 0 aliphatic rings. The van der Waals surface area contributed by atoms with Crippen molar-refractivity contribution in [2.45, 2.75) is 32.5 Å². The Morgan fingerprint density at radius 1 is 1.73 bits per heavy atom. The maximum absolute atomic E-state index is 11.5. The van der Waals surface area contributed by atoms with Gasteiger partial charge in [0.1, 0.15) is 6.73 Å². The summed E-state index contributed by atoms with van der Waals surface area (Å²) in [5, 5.41) is 8.68. The van der Waals surface area contributed by atoms with E-state index in [1.165, 1.54) is 7.05 Å². The minimum Gasteiger partial charge on any atom is -0.376 e. The summed E-state index contributed by atoms with van der Waals surface area (Å²) in [6.45, 7) is 1.09. The number of hydrogen-bond donors (Lipinski definition) is 1. The lowest BCUT2D eigenvalue weighted by molar-refractivity contribution is -0.133. The fourth-order valence-electron chi connectivity index (χ4n) is 0.423. The van der Waals surface area contributed by atoms with Crippen LogP contribution in [0.25, 0.3) is 0 Å². The number of carbonyl (C=O) groups excluding carboxylic acids is 1. The summed E-state index contributed by atoms with van der Waals surface area (Å²) in [7, 11) is 1.22. The van der Waals surface area contributed by atoms with Crippen LogP contribution in [0.4, 0.5) is 0 Å². The molecule has 0 fully saturated rings. The van der Waals surface area contributed by atoms with Gasteiger partial charge in [-0.2, -0.15) is 0 Å². The van der Waals surface area contributed by atoms with Crippen LogP contribution in [0.2, 0.25) is 0 Å². The van der Waals surface area contributed by atoms with E-state index >= 15 is 0 Å². The molecular formula is C8H17NO2. The predicted molar refractivity (Wildman–Crippen MR) is 44.0 cm³/mol. The van der Waals surface area contributed by atoms with E-state index in [1.807, 2.05) is 0 Å². The minimum absolute atomic E-state index is 0.0367. The zero-order valence-electron chi connectivity index (χ0n) is 10.9. The molecule has 0 atom stereocenters. The molecule has 0 aromatic heterocycles. The second-order valence-electron chi connectivity index (χ2n) is 2.20. The van der Waals surface area contributed by atoms with Crippen LogP contribution in [0, 0.1) is 0 Å². The van der Waals surface area contributed by atoms with Gasteiger partial charge >= 0.3 is 0 Å². The van der Waals surface area contributed by atoms with E-state index in [1.54, 1.807) is 6.92 Å². The summed E-state index contributed by atoms with van der Waals surface area (Å²) in [5.74, 6) is -1.04. The molecule has 1 amide bonds. The van der Waals surface area contributed by atoms with Gasteiger partial charge in [-0.1, -0.05) is 19.8 Å². The molecule has 0 aliphatic carbocycles. The standard InChI is InChI=1S/C8H17NO2/c1-3-4-5-6-8(11)9(2)7-10/h10H,3-7H2,1-2H3/i5D2,6D2. The van der Waals surface area contributed by atoms with Gasteiger partial charge in [0.25, 0.3) is 0 Å². The van der Waals surface area contributed by atoms with E-state index in [2.05, 4.69) is 0 Å². The zero-order valence-corrected chi connectivity index (χ0v) is 6.92. The molecule has 0 radical (unpaired) electrons. The normalized spacial score (nSPS) is 17.7. The molecule has 1 N–H and O–H groups in total. The summed E-state index contributed by atoms with van der Waals surface area (Å²) in [4.78, 5) is 12.2. The third kappa shape index (κ3) is 4.79. The van der Waals surface area contributed by atoms with E-state index < -0.39 is 25.4 Å². The van der Waals surface area contributed by atoms with Crippen LogP contribution in [-0.4, -0.2) is 29.7 Å². The molecule has 0 aliphatic heterocycles. The Hall–Kier alpha value is -0.570. The van der Waals surface area contributed by atoms with E-state index in [4.69, 9.17) is 10.6 Å². The molecule has 66 valence electrons. The first-order valence-electron chi connectivity index (χ1n) is 5.57. The van der Waals surface area contributed by atoms with Crippen LogP contribution in [-0.2, 0) is 4.79 Å². The molecular weight excluding hydrogens is 142 g/mol. The van der Waals surface area contributed by atoms with Gasteiger partial charge in [0.15, 0.2) is 0 Å². The molecule has 0 saturated carbocycles. The van der Waals surface area contributed by atoms with Crippen LogP contribution >= 0.6 is 0 Å². The summed E-state index contributed by atoms with van der Waals surface area (Å²) in [5.41, 5.74) is 0. The third-order valence-electron chi connectivity index (χ3n) is 1.13. The highest BCUT2D eigenvalue weighted by atomic mass is 16.3. The van der Waals surface area contributed by atoms with Crippen molar-refractivity contribution in [2.24, 2.45) is 0 Å². The van der Waals surface area contributed by atoms with Gasteiger partial charge in [0, 0.05) is 18.9 Å². The molecule has 3 heteroatoms. The number of amides is 1. The molecule has 0 aromatic rings. The lowest BCUT2D eigenvalue weighted by atomic mass is 10.2. The van der Waals surface area contributed by atoms with Crippen LogP contribution in [0.15, 0.2) is 0 Å². The largest absolute Gasteiger partial charge is 0.376 e. The van der Waals surface area contributed by atoms with E-state index in [0.717, 1.165) is 4.90 Å². The summed E-state index contributed by atoms with van der Waals surface area (Å²) in [6.07, 6.45) is -4.42. The van der Waals surface area contributed by atoms with Crippen LogP contribution in [0.5, 0.6) is 0 Å². The van der Waals surface area contributed by atoms with Gasteiger partial charge in [-0.15, -0.1) is 0 Å². The van der Waals surface area contributed by atoms with Crippen LogP contribution < -0.4 is 0 Å². The molecule has 0 aromatic carbocycles. The highest BCUT2D eigenvalue weighted by Crippen LogP contribution is 2.00. The monoisotopic (exact) mass is 163 g/mol. The van der Waals surface area contributed by atoms with Crippen LogP contribution in [0.3, 0.4) is 0 Å². The van der Waals surface area contributed by atoms with Gasteiger partial charge in [0.2, 0.25) is 5.91 Å². The minimum atomic E-state index is -2.61. The molecule has 0 heterocycles. The van der Waals surface area contributed by atoms with Crippen molar-refractivity contribution < 1.29 is 15.4 Å². The Balaban J connectivity index is 4.87. The topological polar surface area (TPSA) is 40.5 Å². The number of hydrogen-bond acceptors (Lipinski definition) is 2. The second kappa shape index (κ2) is 6.16. The summed E-state index contributed by atoms with van der Waals surface area (Å²) in [6, 6.07) is 0. The number of carbonyl (C=O) groups is 1. The Morgan fingerprint density at radius 3 is 2.82 bits per heavy atom. The van der Waals surface area contributed by atoms with E-state index in [0.29, 0.717) is 6.42 Å². The van der Waals surface area contributed by atoms with E-state index in [9.17, 15) is 4.79 Å². The lowest BCUT2D eigenvalue weighted by Gasteiger charge is -2.12. The van der Waals surface area contributed by atoms with Crippen molar-refractivity contribution in [1.82, 2.24) is 4.90 Å². The van der Waals surface area contributed by atoms with Gasteiger partial charge in [-0.05, 0) is 6.37 Å². The maximum atomic E-state index is 11.5. The Bertz CT molecular complexity index is 233. The predicted octanol–water partition coefficient (Wildman–Crippen LogP) is 0.975. The SMILES string of the molecule is [2H]C([2H])(CCC)C([2H])([2H])C(=O)N(C)CO. The van der Waals surface area contributed by atoms with Crippen molar-refractivity contribution in [2.75, 3.05) is 13.8 Å². The highest BCUT2D eigenvalue weighted by molar-refractivity contribution is 5.75. The van der Waals surface area contributed by atoms with Crippen molar-refractivity contribution in [3.63, 3.8) is 0 Å². The Kier molecular flexibility index (Phi) is 2.88. The highest BCUT2D eigenvalue weighted by Gasteiger charge is 2.04. The fraction of sp³-hybridized carbons (Fsp3) is 0.875. The number of rotatable bonds is 5. The molecule has 0 unspecified atom stereocenters. The van der Waals surface area contributed by atoms with Gasteiger partial charge in [-0.25, -0.2) is 0 Å². The summed E-state index contributed by atoms with van der Waals surface area (Å²) >= 11 is 0. The summed E-state index contributed by atoms with van der Waals surface area (Å²) < 4.78 is 29.9. The first kappa shape index (κ1) is 5.14. The molecule has 0 rings (SSSR count). The van der Waals surface area contributed by atoms with Crippen molar-refractivity contribution in [3.8, 4) is 0 Å². The van der Waals surface area contributed by atoms with Crippen molar-refractivity contribution >= 4 is 5.91 Å². The lowest BCUT2D eigenvalue weighted by Crippen LogP contribution is -2.26. The van der Waals surface area contributed by atoms with Crippen molar-refractivity contribution in [1.29, 1.82) is 0 Å². The quantitative estimate of drug-likeness (QED) is 0.614. The van der Waals surface area contributed by atoms with Gasteiger partial charge in [0.05, 0.1) is 0 Å². The zero-order chi connectivity index (χ0) is 12.3. The van der Waals surface area contributed by atoms with Crippen LogP contribution in [0.1, 0.15) is 38.0 Å². The number of aliphatic hydroxyl groups is 1. The molecule has 0 spiro atoms. The third-order valence-corrected chi connectivity index (χ3v) is 1.13. The Morgan fingerprint density at radius 2 is 2.36 bits per heavy atom. The molecule has 11 heavy (non-hydrogen) atoms. The average molecular weight is 163 g/mol. The second-order valence-corrected chi connectivity index (χ2v) is 2.20.